The Morgan fingerprint density at radius 2 is 1.65 bits per heavy atom. The Hall–Kier alpha value is -0.860. The van der Waals surface area contributed by atoms with Crippen LogP contribution in [0.15, 0.2) is 12.1 Å². The van der Waals surface area contributed by atoms with Gasteiger partial charge in [0.15, 0.2) is 0 Å². The van der Waals surface area contributed by atoms with Gasteiger partial charge < -0.3 is 10.5 Å². The Morgan fingerprint density at radius 3 is 2.06 bits per heavy atom. The molecule has 96 valence electrons. The highest BCUT2D eigenvalue weighted by molar-refractivity contribution is 5.38. The molecule has 1 unspecified atom stereocenters. The normalized spacial score (nSPS) is 13.8. The van der Waals surface area contributed by atoms with Gasteiger partial charge in [-0.2, -0.15) is 0 Å². The molecule has 0 saturated heterocycles. The molecule has 1 aromatic rings. The zero-order chi connectivity index (χ0) is 13.2. The highest BCUT2D eigenvalue weighted by Gasteiger charge is 2.26. The fourth-order valence-corrected chi connectivity index (χ4v) is 2.15. The van der Waals surface area contributed by atoms with Crippen molar-refractivity contribution in [2.75, 3.05) is 7.11 Å². The van der Waals surface area contributed by atoms with Crippen molar-refractivity contribution in [3.63, 3.8) is 0 Å². The van der Waals surface area contributed by atoms with Crippen LogP contribution in [0.5, 0.6) is 0 Å². The van der Waals surface area contributed by atoms with Crippen LogP contribution in [0.3, 0.4) is 0 Å². The average Bonchev–Trinajstić information content (AvgIpc) is 2.22. The van der Waals surface area contributed by atoms with E-state index in [0.29, 0.717) is 0 Å². The van der Waals surface area contributed by atoms with Gasteiger partial charge in [0.2, 0.25) is 0 Å². The first-order valence-corrected chi connectivity index (χ1v) is 6.15. The average molecular weight is 235 g/mol. The molecule has 0 heterocycles. The van der Waals surface area contributed by atoms with E-state index in [1.54, 1.807) is 7.11 Å². The van der Waals surface area contributed by atoms with Crippen molar-refractivity contribution >= 4 is 0 Å². The maximum atomic E-state index is 6.24. The SMILES string of the molecule is COC(C)(C)C(N)Cc1c(C)cc(C)cc1C. The third-order valence-electron chi connectivity index (χ3n) is 3.68. The second-order valence-electron chi connectivity index (χ2n) is 5.50. The monoisotopic (exact) mass is 235 g/mol. The summed E-state index contributed by atoms with van der Waals surface area (Å²) < 4.78 is 5.45. The summed E-state index contributed by atoms with van der Waals surface area (Å²) in [5, 5.41) is 0. The highest BCUT2D eigenvalue weighted by Crippen LogP contribution is 2.22. The van der Waals surface area contributed by atoms with E-state index in [4.69, 9.17) is 10.5 Å². The number of nitrogens with two attached hydrogens (primary N) is 1. The second kappa shape index (κ2) is 5.19. The predicted octanol–water partition coefficient (Wildman–Crippen LogP) is 2.91. The quantitative estimate of drug-likeness (QED) is 0.871. The molecule has 2 nitrogen and oxygen atoms in total. The minimum atomic E-state index is -0.288. The van der Waals surface area contributed by atoms with Crippen molar-refractivity contribution in [3.8, 4) is 0 Å². The maximum absolute atomic E-state index is 6.24. The molecule has 0 fully saturated rings. The van der Waals surface area contributed by atoms with Crippen LogP contribution in [-0.4, -0.2) is 18.8 Å². The van der Waals surface area contributed by atoms with E-state index in [1.165, 1.54) is 22.3 Å². The molecule has 0 amide bonds. The molecule has 1 atom stereocenters. The van der Waals surface area contributed by atoms with E-state index < -0.39 is 0 Å². The molecule has 1 rings (SSSR count). The number of hydrogen-bond donors (Lipinski definition) is 1. The molecule has 0 aromatic heterocycles. The summed E-state index contributed by atoms with van der Waals surface area (Å²) in [4.78, 5) is 0. The smallest absolute Gasteiger partial charge is 0.0776 e. The molecule has 1 aromatic carbocycles. The molecule has 0 radical (unpaired) electrons. The fourth-order valence-electron chi connectivity index (χ4n) is 2.15. The Morgan fingerprint density at radius 1 is 1.18 bits per heavy atom. The van der Waals surface area contributed by atoms with E-state index in [2.05, 4.69) is 32.9 Å². The molecule has 0 bridgehead atoms. The lowest BCUT2D eigenvalue weighted by Gasteiger charge is -2.31. The summed E-state index contributed by atoms with van der Waals surface area (Å²) in [6.07, 6.45) is 0.860. The van der Waals surface area contributed by atoms with Gasteiger partial charge in [-0.05, 0) is 57.7 Å². The predicted molar refractivity (Wildman–Crippen MR) is 73.4 cm³/mol. The molecule has 0 spiro atoms. The van der Waals surface area contributed by atoms with Crippen molar-refractivity contribution in [2.45, 2.75) is 52.7 Å². The van der Waals surface area contributed by atoms with Gasteiger partial charge in [-0.1, -0.05) is 17.7 Å². The third kappa shape index (κ3) is 3.30. The number of benzene rings is 1. The minimum absolute atomic E-state index is 0.00704. The minimum Gasteiger partial charge on any atom is -0.377 e. The van der Waals surface area contributed by atoms with E-state index in [0.717, 1.165) is 6.42 Å². The maximum Gasteiger partial charge on any atom is 0.0776 e. The number of methoxy groups -OCH3 is 1. The second-order valence-corrected chi connectivity index (χ2v) is 5.50. The fraction of sp³-hybridized carbons (Fsp3) is 0.600. The zero-order valence-corrected chi connectivity index (χ0v) is 11.9. The molecular weight excluding hydrogens is 210 g/mol. The van der Waals surface area contributed by atoms with Crippen LogP contribution in [0.25, 0.3) is 0 Å². The van der Waals surface area contributed by atoms with Gasteiger partial charge in [0, 0.05) is 13.2 Å². The van der Waals surface area contributed by atoms with Crippen molar-refractivity contribution in [1.82, 2.24) is 0 Å². The summed E-state index contributed by atoms with van der Waals surface area (Å²) in [6, 6.07) is 4.44. The number of hydrogen-bond acceptors (Lipinski definition) is 2. The summed E-state index contributed by atoms with van der Waals surface area (Å²) in [6.45, 7) is 10.5. The number of ether oxygens (including phenoxy) is 1. The summed E-state index contributed by atoms with van der Waals surface area (Å²) in [5.74, 6) is 0. The van der Waals surface area contributed by atoms with Crippen molar-refractivity contribution < 1.29 is 4.74 Å². The Labute approximate surface area is 105 Å². The van der Waals surface area contributed by atoms with Crippen molar-refractivity contribution in [2.24, 2.45) is 5.73 Å². The van der Waals surface area contributed by atoms with Crippen LogP contribution < -0.4 is 5.73 Å². The Balaban J connectivity index is 2.96. The molecule has 0 aliphatic carbocycles. The van der Waals surface area contributed by atoms with E-state index in [1.807, 2.05) is 13.8 Å². The van der Waals surface area contributed by atoms with E-state index >= 15 is 0 Å². The van der Waals surface area contributed by atoms with Crippen LogP contribution in [0.2, 0.25) is 0 Å². The lowest BCUT2D eigenvalue weighted by Crippen LogP contribution is -2.46. The largest absolute Gasteiger partial charge is 0.377 e. The van der Waals surface area contributed by atoms with Crippen LogP contribution in [0.4, 0.5) is 0 Å². The molecule has 0 aliphatic rings. The number of aryl methyl sites for hydroxylation is 3. The Kier molecular flexibility index (Phi) is 4.34. The number of rotatable bonds is 4. The lowest BCUT2D eigenvalue weighted by molar-refractivity contribution is 0.000749. The zero-order valence-electron chi connectivity index (χ0n) is 11.9. The van der Waals surface area contributed by atoms with Crippen LogP contribution >= 0.6 is 0 Å². The Bertz CT molecular complexity index is 373. The topological polar surface area (TPSA) is 35.2 Å². The van der Waals surface area contributed by atoms with Crippen LogP contribution in [0.1, 0.15) is 36.1 Å². The van der Waals surface area contributed by atoms with Gasteiger partial charge in [-0.15, -0.1) is 0 Å². The summed E-state index contributed by atoms with van der Waals surface area (Å²) in [5.41, 5.74) is 11.3. The van der Waals surface area contributed by atoms with Gasteiger partial charge in [0.25, 0.3) is 0 Å². The standard InChI is InChI=1S/C15H25NO/c1-10-7-11(2)13(12(3)8-10)9-14(16)15(4,5)17-6/h7-8,14H,9,16H2,1-6H3. The molecular formula is C15H25NO. The van der Waals surface area contributed by atoms with E-state index in [9.17, 15) is 0 Å². The van der Waals surface area contributed by atoms with Crippen molar-refractivity contribution in [3.05, 3.63) is 34.4 Å². The van der Waals surface area contributed by atoms with E-state index in [-0.39, 0.29) is 11.6 Å². The van der Waals surface area contributed by atoms with Gasteiger partial charge in [0.05, 0.1) is 5.60 Å². The molecule has 2 heteroatoms. The first-order chi connectivity index (χ1) is 7.77. The van der Waals surface area contributed by atoms with Gasteiger partial charge in [0.1, 0.15) is 0 Å². The molecule has 0 saturated carbocycles. The van der Waals surface area contributed by atoms with Gasteiger partial charge in [-0.3, -0.25) is 0 Å². The van der Waals surface area contributed by atoms with Crippen LogP contribution in [0, 0.1) is 20.8 Å². The molecule has 2 N–H and O–H groups in total. The van der Waals surface area contributed by atoms with Gasteiger partial charge in [-0.25, -0.2) is 0 Å². The van der Waals surface area contributed by atoms with Crippen molar-refractivity contribution in [1.29, 1.82) is 0 Å². The highest BCUT2D eigenvalue weighted by atomic mass is 16.5. The van der Waals surface area contributed by atoms with Crippen LogP contribution in [-0.2, 0) is 11.2 Å². The first kappa shape index (κ1) is 14.2. The lowest BCUT2D eigenvalue weighted by atomic mass is 9.88. The first-order valence-electron chi connectivity index (χ1n) is 6.15. The summed E-state index contributed by atoms with van der Waals surface area (Å²) >= 11 is 0. The van der Waals surface area contributed by atoms with Gasteiger partial charge >= 0.3 is 0 Å². The summed E-state index contributed by atoms with van der Waals surface area (Å²) in [7, 11) is 1.72. The molecule has 17 heavy (non-hydrogen) atoms. The molecule has 0 aliphatic heterocycles. The third-order valence-corrected chi connectivity index (χ3v) is 3.68.